The molecule has 5 heteroatoms. The SMILES string of the molecule is CCC(CO)NC(=O)Cc1ccc(Br)s1. The van der Waals surface area contributed by atoms with E-state index in [9.17, 15) is 4.79 Å². The van der Waals surface area contributed by atoms with Gasteiger partial charge >= 0.3 is 0 Å². The summed E-state index contributed by atoms with van der Waals surface area (Å²) in [6.07, 6.45) is 1.13. The van der Waals surface area contributed by atoms with Crippen molar-refractivity contribution in [2.75, 3.05) is 6.61 Å². The summed E-state index contributed by atoms with van der Waals surface area (Å²) < 4.78 is 1.03. The van der Waals surface area contributed by atoms with E-state index in [1.54, 1.807) is 11.3 Å². The molecule has 84 valence electrons. The molecule has 0 bridgehead atoms. The minimum absolute atomic E-state index is 0.00360. The molecule has 0 spiro atoms. The number of carbonyl (C=O) groups excluding carboxylic acids is 1. The van der Waals surface area contributed by atoms with Crippen LogP contribution >= 0.6 is 27.3 Å². The zero-order valence-electron chi connectivity index (χ0n) is 8.50. The Morgan fingerprint density at radius 2 is 2.40 bits per heavy atom. The number of aliphatic hydroxyl groups excluding tert-OH is 1. The van der Waals surface area contributed by atoms with Crippen LogP contribution in [0.5, 0.6) is 0 Å². The van der Waals surface area contributed by atoms with Crippen LogP contribution < -0.4 is 5.32 Å². The van der Waals surface area contributed by atoms with Gasteiger partial charge < -0.3 is 10.4 Å². The van der Waals surface area contributed by atoms with E-state index in [0.29, 0.717) is 6.42 Å². The van der Waals surface area contributed by atoms with Gasteiger partial charge in [-0.05, 0) is 34.5 Å². The van der Waals surface area contributed by atoms with Crippen molar-refractivity contribution in [1.82, 2.24) is 5.32 Å². The largest absolute Gasteiger partial charge is 0.394 e. The van der Waals surface area contributed by atoms with E-state index < -0.39 is 0 Å². The lowest BCUT2D eigenvalue weighted by atomic mass is 10.2. The fraction of sp³-hybridized carbons (Fsp3) is 0.500. The third kappa shape index (κ3) is 4.32. The molecule has 1 rings (SSSR count). The van der Waals surface area contributed by atoms with E-state index in [1.807, 2.05) is 19.1 Å². The maximum atomic E-state index is 11.5. The summed E-state index contributed by atoms with van der Waals surface area (Å²) >= 11 is 4.90. The topological polar surface area (TPSA) is 49.3 Å². The second-order valence-electron chi connectivity index (χ2n) is 3.24. The first kappa shape index (κ1) is 12.7. The molecule has 0 saturated heterocycles. The average Bonchev–Trinajstić information content (AvgIpc) is 2.60. The Labute approximate surface area is 102 Å². The molecule has 1 atom stereocenters. The molecule has 1 heterocycles. The predicted molar refractivity (Wildman–Crippen MR) is 65.0 cm³/mol. The van der Waals surface area contributed by atoms with Gasteiger partial charge in [0.15, 0.2) is 0 Å². The standard InChI is InChI=1S/C10H14BrNO2S/c1-2-7(6-13)12-10(14)5-8-3-4-9(11)15-8/h3-4,7,13H,2,5-6H2,1H3,(H,12,14). The molecule has 3 nitrogen and oxygen atoms in total. The van der Waals surface area contributed by atoms with Gasteiger partial charge in [0, 0.05) is 4.88 Å². The molecule has 1 unspecified atom stereocenters. The zero-order chi connectivity index (χ0) is 11.3. The quantitative estimate of drug-likeness (QED) is 0.871. The van der Waals surface area contributed by atoms with Gasteiger partial charge in [0.1, 0.15) is 0 Å². The summed E-state index contributed by atoms with van der Waals surface area (Å²) in [6.45, 7) is 1.93. The summed E-state index contributed by atoms with van der Waals surface area (Å²) in [5.74, 6) is -0.0368. The van der Waals surface area contributed by atoms with Crippen LogP contribution in [-0.2, 0) is 11.2 Å². The van der Waals surface area contributed by atoms with E-state index in [1.165, 1.54) is 0 Å². The van der Waals surface area contributed by atoms with Crippen LogP contribution in [0.15, 0.2) is 15.9 Å². The molecule has 1 aromatic heterocycles. The Balaban J connectivity index is 2.42. The Bertz CT molecular complexity index is 323. The Kier molecular flexibility index (Phi) is 5.28. The number of carbonyl (C=O) groups is 1. The van der Waals surface area contributed by atoms with Crippen molar-refractivity contribution in [3.63, 3.8) is 0 Å². The van der Waals surface area contributed by atoms with Gasteiger partial charge in [0.2, 0.25) is 5.91 Å². The van der Waals surface area contributed by atoms with Crippen LogP contribution in [0.4, 0.5) is 0 Å². The molecule has 0 aliphatic carbocycles. The van der Waals surface area contributed by atoms with E-state index in [0.717, 1.165) is 15.1 Å². The Hall–Kier alpha value is -0.390. The number of nitrogens with one attached hydrogen (secondary N) is 1. The highest BCUT2D eigenvalue weighted by Crippen LogP contribution is 2.22. The normalized spacial score (nSPS) is 12.5. The fourth-order valence-corrected chi connectivity index (χ4v) is 2.64. The first-order valence-electron chi connectivity index (χ1n) is 4.80. The molecule has 0 radical (unpaired) electrons. The van der Waals surface area contributed by atoms with Crippen molar-refractivity contribution >= 4 is 33.2 Å². The van der Waals surface area contributed by atoms with Gasteiger partial charge in [-0.15, -0.1) is 11.3 Å². The first-order valence-corrected chi connectivity index (χ1v) is 6.41. The van der Waals surface area contributed by atoms with Crippen LogP contribution in [0, 0.1) is 0 Å². The molecule has 15 heavy (non-hydrogen) atoms. The zero-order valence-corrected chi connectivity index (χ0v) is 10.9. The van der Waals surface area contributed by atoms with E-state index in [2.05, 4.69) is 21.2 Å². The van der Waals surface area contributed by atoms with Crippen LogP contribution in [0.25, 0.3) is 0 Å². The second kappa shape index (κ2) is 6.25. The number of halogens is 1. The summed E-state index contributed by atoms with van der Waals surface area (Å²) in [5, 5.41) is 11.7. The highest BCUT2D eigenvalue weighted by atomic mass is 79.9. The third-order valence-electron chi connectivity index (χ3n) is 2.04. The van der Waals surface area contributed by atoms with Crippen molar-refractivity contribution in [2.45, 2.75) is 25.8 Å². The maximum absolute atomic E-state index is 11.5. The van der Waals surface area contributed by atoms with Crippen molar-refractivity contribution in [1.29, 1.82) is 0 Å². The Morgan fingerprint density at radius 3 is 2.87 bits per heavy atom. The Morgan fingerprint density at radius 1 is 1.67 bits per heavy atom. The number of hydrogen-bond donors (Lipinski definition) is 2. The van der Waals surface area contributed by atoms with Crippen molar-refractivity contribution in [2.24, 2.45) is 0 Å². The highest BCUT2D eigenvalue weighted by molar-refractivity contribution is 9.11. The molecule has 0 aliphatic rings. The van der Waals surface area contributed by atoms with Crippen LogP contribution in [0.1, 0.15) is 18.2 Å². The molecule has 0 saturated carbocycles. The van der Waals surface area contributed by atoms with Gasteiger partial charge in [-0.3, -0.25) is 4.79 Å². The minimum atomic E-state index is -0.124. The van der Waals surface area contributed by atoms with Crippen molar-refractivity contribution in [3.05, 3.63) is 20.8 Å². The summed E-state index contributed by atoms with van der Waals surface area (Å²) in [4.78, 5) is 12.5. The smallest absolute Gasteiger partial charge is 0.225 e. The minimum Gasteiger partial charge on any atom is -0.394 e. The van der Waals surface area contributed by atoms with E-state index in [-0.39, 0.29) is 18.6 Å². The molecule has 0 fully saturated rings. The lowest BCUT2D eigenvalue weighted by molar-refractivity contribution is -0.121. The summed E-state index contributed by atoms with van der Waals surface area (Å²) in [6, 6.07) is 3.73. The highest BCUT2D eigenvalue weighted by Gasteiger charge is 2.10. The van der Waals surface area contributed by atoms with Crippen molar-refractivity contribution in [3.8, 4) is 0 Å². The lowest BCUT2D eigenvalue weighted by Gasteiger charge is -2.13. The van der Waals surface area contributed by atoms with Crippen LogP contribution in [0.2, 0.25) is 0 Å². The summed E-state index contributed by atoms with van der Waals surface area (Å²) in [5.41, 5.74) is 0. The monoisotopic (exact) mass is 291 g/mol. The molecular weight excluding hydrogens is 278 g/mol. The van der Waals surface area contributed by atoms with Gasteiger partial charge in [0.05, 0.1) is 22.9 Å². The van der Waals surface area contributed by atoms with Gasteiger partial charge in [0.25, 0.3) is 0 Å². The van der Waals surface area contributed by atoms with Crippen LogP contribution in [0.3, 0.4) is 0 Å². The number of amides is 1. The number of rotatable bonds is 5. The number of thiophene rings is 1. The molecule has 1 aromatic rings. The summed E-state index contributed by atoms with van der Waals surface area (Å²) in [7, 11) is 0. The average molecular weight is 292 g/mol. The number of hydrogen-bond acceptors (Lipinski definition) is 3. The molecule has 1 amide bonds. The lowest BCUT2D eigenvalue weighted by Crippen LogP contribution is -2.37. The second-order valence-corrected chi connectivity index (χ2v) is 5.79. The fourth-order valence-electron chi connectivity index (χ4n) is 1.16. The first-order chi connectivity index (χ1) is 7.15. The molecule has 0 aliphatic heterocycles. The number of aliphatic hydroxyl groups is 1. The third-order valence-corrected chi connectivity index (χ3v) is 3.67. The van der Waals surface area contributed by atoms with Crippen LogP contribution in [-0.4, -0.2) is 23.7 Å². The maximum Gasteiger partial charge on any atom is 0.225 e. The van der Waals surface area contributed by atoms with Gasteiger partial charge in [-0.2, -0.15) is 0 Å². The molecular formula is C10H14BrNO2S. The van der Waals surface area contributed by atoms with E-state index >= 15 is 0 Å². The van der Waals surface area contributed by atoms with E-state index in [4.69, 9.17) is 5.11 Å². The molecule has 0 aromatic carbocycles. The predicted octanol–water partition coefficient (Wildman–Crippen LogP) is 1.94. The van der Waals surface area contributed by atoms with Gasteiger partial charge in [-0.25, -0.2) is 0 Å². The van der Waals surface area contributed by atoms with Crippen molar-refractivity contribution < 1.29 is 9.90 Å². The molecule has 2 N–H and O–H groups in total. The van der Waals surface area contributed by atoms with Gasteiger partial charge in [-0.1, -0.05) is 6.92 Å².